The summed E-state index contributed by atoms with van der Waals surface area (Å²) in [6.07, 6.45) is 8.29. The van der Waals surface area contributed by atoms with Crippen LogP contribution in [0.4, 0.5) is 31.8 Å². The average molecular weight is 936 g/mol. The van der Waals surface area contributed by atoms with E-state index in [2.05, 4.69) is 67.5 Å². The fourth-order valence-corrected chi connectivity index (χ4v) is 11.9. The molecule has 7 aliphatic rings. The van der Waals surface area contributed by atoms with Crippen LogP contribution in [-0.2, 0) is 20.9 Å². The van der Waals surface area contributed by atoms with Crippen LogP contribution in [0.1, 0.15) is 97.9 Å². The van der Waals surface area contributed by atoms with Gasteiger partial charge in [0.25, 0.3) is 11.8 Å². The summed E-state index contributed by atoms with van der Waals surface area (Å²) in [6.45, 7) is 11.7. The Labute approximate surface area is 396 Å². The fourth-order valence-electron chi connectivity index (χ4n) is 11.9. The average Bonchev–Trinajstić information content (AvgIpc) is 3.97. The van der Waals surface area contributed by atoms with Gasteiger partial charge in [0.1, 0.15) is 35.6 Å². The third-order valence-corrected chi connectivity index (χ3v) is 16.1. The summed E-state index contributed by atoms with van der Waals surface area (Å²) in [4.78, 5) is 84.8. The van der Waals surface area contributed by atoms with Crippen molar-refractivity contribution in [2.45, 2.75) is 95.8 Å². The first-order valence-electron chi connectivity index (χ1n) is 24.5. The summed E-state index contributed by atoms with van der Waals surface area (Å²) in [5.74, 6) is -0.266. The number of rotatable bonds is 12. The molecule has 1 saturated carbocycles. The van der Waals surface area contributed by atoms with Gasteiger partial charge in [-0.25, -0.2) is 18.7 Å². The highest BCUT2D eigenvalue weighted by Crippen LogP contribution is 2.42. The molecule has 2 aromatic carbocycles. The molecule has 0 radical (unpaired) electrons. The van der Waals surface area contributed by atoms with Gasteiger partial charge in [-0.05, 0) is 120 Å². The highest BCUT2D eigenvalue weighted by molar-refractivity contribution is 6.23. The molecule has 4 atom stereocenters. The summed E-state index contributed by atoms with van der Waals surface area (Å²) in [6, 6.07) is 9.27. The smallest absolute Gasteiger partial charge is 0.262 e. The zero-order valence-electron chi connectivity index (χ0n) is 39.4. The van der Waals surface area contributed by atoms with E-state index < -0.39 is 46.8 Å². The third-order valence-electron chi connectivity index (χ3n) is 16.1. The first kappa shape index (κ1) is 46.0. The number of nitrogens with one attached hydrogen (secondary N) is 3. The van der Waals surface area contributed by atoms with Crippen molar-refractivity contribution < 1.29 is 32.8 Å². The summed E-state index contributed by atoms with van der Waals surface area (Å²) in [5, 5.41) is 8.86. The van der Waals surface area contributed by atoms with E-state index in [1.807, 2.05) is 0 Å². The van der Waals surface area contributed by atoms with Crippen molar-refractivity contribution in [3.63, 3.8) is 0 Å². The van der Waals surface area contributed by atoms with Crippen LogP contribution >= 0.6 is 0 Å². The third kappa shape index (κ3) is 9.25. The number of imide groups is 2. The Balaban J connectivity index is 0.677. The summed E-state index contributed by atoms with van der Waals surface area (Å²) in [7, 11) is 2.19. The predicted octanol–water partition coefficient (Wildman–Crippen LogP) is 4.40. The van der Waals surface area contributed by atoms with Crippen LogP contribution in [0.5, 0.6) is 0 Å². The van der Waals surface area contributed by atoms with E-state index in [-0.39, 0.29) is 47.5 Å². The number of piperazine rings is 1. The number of likely N-dealkylation sites (tertiary alicyclic amines) is 1. The number of anilines is 4. The first-order chi connectivity index (χ1) is 32.6. The van der Waals surface area contributed by atoms with Crippen molar-refractivity contribution in [1.29, 1.82) is 0 Å². The van der Waals surface area contributed by atoms with Crippen LogP contribution in [-0.4, -0.2) is 144 Å². The number of hydrogen-bond donors (Lipinski definition) is 3. The number of aromatic nitrogens is 2. The molecule has 1 spiro atoms. The fraction of sp³-hybridized carbons (Fsp3) is 0.580. The maximum Gasteiger partial charge on any atom is 0.262 e. The number of carbonyl (C=O) groups is 5. The van der Waals surface area contributed by atoms with Crippen molar-refractivity contribution in [2.75, 3.05) is 92.5 Å². The number of benzene rings is 2. The van der Waals surface area contributed by atoms with E-state index in [9.17, 15) is 24.0 Å². The molecule has 3 aromatic rings. The van der Waals surface area contributed by atoms with E-state index in [4.69, 9.17) is 4.98 Å². The number of piperidine rings is 3. The van der Waals surface area contributed by atoms with Crippen molar-refractivity contribution >= 4 is 52.5 Å². The van der Waals surface area contributed by atoms with Crippen LogP contribution in [0, 0.1) is 28.9 Å². The van der Waals surface area contributed by atoms with E-state index in [1.54, 1.807) is 29.4 Å². The summed E-state index contributed by atoms with van der Waals surface area (Å²) in [5.41, 5.74) is 1.46. The van der Waals surface area contributed by atoms with Gasteiger partial charge in [0.2, 0.25) is 17.7 Å². The van der Waals surface area contributed by atoms with Crippen LogP contribution in [0.15, 0.2) is 42.7 Å². The normalized spacial score (nSPS) is 25.9. The molecular weight excluding hydrogens is 873 g/mol. The summed E-state index contributed by atoms with van der Waals surface area (Å²) < 4.78 is 31.3. The molecule has 362 valence electrons. The van der Waals surface area contributed by atoms with Gasteiger partial charge >= 0.3 is 0 Å². The number of fused-ring (bicyclic) bond motifs is 2. The molecule has 1 aromatic heterocycles. The second-order valence-corrected chi connectivity index (χ2v) is 21.3. The topological polar surface area (TPSA) is 167 Å². The summed E-state index contributed by atoms with van der Waals surface area (Å²) >= 11 is 0. The Hall–Kier alpha value is -5.75. The van der Waals surface area contributed by atoms with E-state index in [1.165, 1.54) is 12.1 Å². The Kier molecular flexibility index (Phi) is 12.4. The Morgan fingerprint density at radius 3 is 2.24 bits per heavy atom. The minimum absolute atomic E-state index is 0.0190. The number of hydrogen-bond acceptors (Lipinski definition) is 13. The Bertz CT molecular complexity index is 2470. The molecule has 0 bridgehead atoms. The SMILES string of the molecule is CN(CCCNc1ccc2c(c1)C(=O)N(C1CCC(=O)NC1=O)C2=O)C1C[C@@H]2CN(c3cc(N4CCC5(CC4)CN(c4cc(F)c(CN6CCC(C)(C)CC6)cc4F)CC(=O)N5)ncn3)C[C@@H]2C1. The molecular formula is C50H63F2N11O5. The molecule has 2 unspecified atom stereocenters. The lowest BCUT2D eigenvalue weighted by Gasteiger charge is -2.48. The van der Waals surface area contributed by atoms with Gasteiger partial charge in [-0.1, -0.05) is 13.8 Å². The predicted molar refractivity (Wildman–Crippen MR) is 252 cm³/mol. The van der Waals surface area contributed by atoms with Gasteiger partial charge in [0.05, 0.1) is 28.9 Å². The first-order valence-corrected chi connectivity index (χ1v) is 24.5. The van der Waals surface area contributed by atoms with E-state index >= 15 is 8.78 Å². The molecule has 16 nitrogen and oxygen atoms in total. The van der Waals surface area contributed by atoms with Gasteiger partial charge in [0.15, 0.2) is 0 Å². The maximum absolute atomic E-state index is 15.7. The maximum atomic E-state index is 15.7. The van der Waals surface area contributed by atoms with Gasteiger partial charge in [-0.15, -0.1) is 0 Å². The minimum Gasteiger partial charge on any atom is -0.385 e. The van der Waals surface area contributed by atoms with E-state index in [0.29, 0.717) is 69.0 Å². The zero-order chi connectivity index (χ0) is 47.5. The quantitative estimate of drug-likeness (QED) is 0.173. The second-order valence-electron chi connectivity index (χ2n) is 21.3. The van der Waals surface area contributed by atoms with Crippen LogP contribution in [0.3, 0.4) is 0 Å². The van der Waals surface area contributed by atoms with Gasteiger partial charge in [-0.2, -0.15) is 0 Å². The Morgan fingerprint density at radius 2 is 1.51 bits per heavy atom. The monoisotopic (exact) mass is 935 g/mol. The molecule has 18 heteroatoms. The van der Waals surface area contributed by atoms with E-state index in [0.717, 1.165) is 87.1 Å². The van der Waals surface area contributed by atoms with Gasteiger partial charge in [-0.3, -0.25) is 39.1 Å². The minimum atomic E-state index is -0.988. The standard InChI is InChI=1S/C50H63F2N11O5/c1-49(2)9-15-59(16-10-49)25-33-21-39(52)41(23-38(33)51)62-28-45(65)57-50(29-62)11-17-60(18-12-50)42-24-43(55-30-54-42)61-26-31-19-35(20-32(31)27-61)58(3)14-4-13-53-34-5-6-36-37(22-34)48(68)63(47(36)67)40-7-8-44(64)56-46(40)66/h5-6,21-24,30-32,35,40,53H,4,7-20,25-29H2,1-3H3,(H,57,65)(H,56,64,66)/t31-,32+,35?,40?. The molecule has 10 rings (SSSR count). The van der Waals surface area contributed by atoms with Crippen LogP contribution in [0.25, 0.3) is 0 Å². The number of amides is 5. The molecule has 1 aliphatic carbocycles. The Morgan fingerprint density at radius 1 is 0.809 bits per heavy atom. The molecule has 68 heavy (non-hydrogen) atoms. The zero-order valence-corrected chi connectivity index (χ0v) is 39.4. The molecule has 5 amide bonds. The van der Waals surface area contributed by atoms with Gasteiger partial charge < -0.3 is 30.2 Å². The number of carbonyl (C=O) groups excluding carboxylic acids is 5. The lowest BCUT2D eigenvalue weighted by molar-refractivity contribution is -0.136. The lowest BCUT2D eigenvalue weighted by atomic mass is 9.82. The highest BCUT2D eigenvalue weighted by atomic mass is 19.1. The molecule has 6 fully saturated rings. The second kappa shape index (κ2) is 18.3. The molecule has 7 heterocycles. The largest absolute Gasteiger partial charge is 0.385 e. The number of nitrogens with zero attached hydrogens (tertiary/aromatic N) is 8. The molecule has 3 N–H and O–H groups in total. The van der Waals surface area contributed by atoms with Crippen LogP contribution < -0.4 is 30.7 Å². The van der Waals surface area contributed by atoms with Crippen molar-refractivity contribution in [1.82, 2.24) is 35.3 Å². The van der Waals surface area contributed by atoms with Gasteiger partial charge in [0, 0.05) is 81.7 Å². The molecule has 6 aliphatic heterocycles. The van der Waals surface area contributed by atoms with Crippen LogP contribution in [0.2, 0.25) is 0 Å². The highest BCUT2D eigenvalue weighted by Gasteiger charge is 2.46. The van der Waals surface area contributed by atoms with Crippen molar-refractivity contribution in [3.05, 3.63) is 71.1 Å². The van der Waals surface area contributed by atoms with Crippen molar-refractivity contribution in [2.24, 2.45) is 17.3 Å². The number of halogens is 2. The lowest BCUT2D eigenvalue weighted by Crippen LogP contribution is -2.66. The molecule has 5 saturated heterocycles. The van der Waals surface area contributed by atoms with Crippen molar-refractivity contribution in [3.8, 4) is 0 Å².